The highest BCUT2D eigenvalue weighted by Crippen LogP contribution is 2.31. The molecule has 17 heavy (non-hydrogen) atoms. The molecule has 0 saturated carbocycles. The first-order valence-electron chi connectivity index (χ1n) is 3.95. The van der Waals surface area contributed by atoms with Gasteiger partial charge >= 0.3 is 6.36 Å². The summed E-state index contributed by atoms with van der Waals surface area (Å²) in [5.74, 6) is -1.08. The van der Waals surface area contributed by atoms with Crippen molar-refractivity contribution in [1.82, 2.24) is 4.98 Å². The van der Waals surface area contributed by atoms with Crippen LogP contribution in [0.5, 0.6) is 5.75 Å². The fourth-order valence-corrected chi connectivity index (χ4v) is 2.47. The molecule has 0 aliphatic heterocycles. The largest absolute Gasteiger partial charge is 0.573 e. The maximum atomic E-state index is 12.0. The van der Waals surface area contributed by atoms with Gasteiger partial charge in [-0.25, -0.2) is 8.42 Å². The number of hydrogen-bond acceptors (Lipinski definition) is 4. The Morgan fingerprint density at radius 2 is 1.94 bits per heavy atom. The predicted octanol–water partition coefficient (Wildman–Crippen LogP) is 1.51. The molecule has 0 unspecified atom stereocenters. The van der Waals surface area contributed by atoms with Crippen LogP contribution in [0.1, 0.15) is 5.56 Å². The van der Waals surface area contributed by atoms with Crippen LogP contribution in [0.15, 0.2) is 15.9 Å². The Morgan fingerprint density at radius 1 is 1.41 bits per heavy atom. The summed E-state index contributed by atoms with van der Waals surface area (Å²) >= 11 is 0. The molecule has 0 spiro atoms. The van der Waals surface area contributed by atoms with Crippen LogP contribution in [0.25, 0.3) is 0 Å². The van der Waals surface area contributed by atoms with Crippen molar-refractivity contribution < 1.29 is 26.3 Å². The third kappa shape index (κ3) is 3.37. The molecule has 0 atom stereocenters. The molecule has 1 aromatic rings. The Labute approximate surface area is 97.6 Å². The standard InChI is InChI=1S/C7H5ClF3NO4S/c1-3-5(17(8,14)15)4(2-12-6(3)13)16-7(9,10)11/h2H,1H3,(H,12,13). The molecule has 0 aromatic carbocycles. The van der Waals surface area contributed by atoms with E-state index in [2.05, 4.69) is 4.74 Å². The van der Waals surface area contributed by atoms with Crippen LogP contribution >= 0.6 is 10.7 Å². The zero-order chi connectivity index (χ0) is 13.4. The van der Waals surface area contributed by atoms with Gasteiger partial charge in [0.1, 0.15) is 4.90 Å². The molecular weight excluding hydrogens is 287 g/mol. The molecule has 1 N–H and O–H groups in total. The molecule has 0 radical (unpaired) electrons. The highest BCUT2D eigenvalue weighted by molar-refractivity contribution is 8.13. The zero-order valence-electron chi connectivity index (χ0n) is 8.13. The van der Waals surface area contributed by atoms with Gasteiger partial charge in [0.25, 0.3) is 14.6 Å². The highest BCUT2D eigenvalue weighted by atomic mass is 35.7. The van der Waals surface area contributed by atoms with E-state index in [0.29, 0.717) is 6.20 Å². The van der Waals surface area contributed by atoms with Gasteiger partial charge in [0.15, 0.2) is 5.75 Å². The van der Waals surface area contributed by atoms with E-state index in [4.69, 9.17) is 10.7 Å². The molecule has 1 heterocycles. The van der Waals surface area contributed by atoms with Gasteiger partial charge < -0.3 is 9.72 Å². The molecule has 10 heteroatoms. The average Bonchev–Trinajstić information content (AvgIpc) is 2.06. The van der Waals surface area contributed by atoms with E-state index in [0.717, 1.165) is 6.92 Å². The third-order valence-corrected chi connectivity index (χ3v) is 3.17. The smallest absolute Gasteiger partial charge is 0.403 e. The van der Waals surface area contributed by atoms with Gasteiger partial charge in [0, 0.05) is 22.4 Å². The van der Waals surface area contributed by atoms with Crippen LogP contribution in [0, 0.1) is 6.92 Å². The van der Waals surface area contributed by atoms with Crippen LogP contribution in [0.3, 0.4) is 0 Å². The van der Waals surface area contributed by atoms with Gasteiger partial charge in [0.05, 0.1) is 0 Å². The second kappa shape index (κ2) is 4.22. The first-order valence-corrected chi connectivity index (χ1v) is 6.26. The molecule has 0 aliphatic rings. The van der Waals surface area contributed by atoms with Gasteiger partial charge in [-0.05, 0) is 6.92 Å². The Hall–Kier alpha value is -1.22. The summed E-state index contributed by atoms with van der Waals surface area (Å²) in [4.78, 5) is 12.0. The topological polar surface area (TPSA) is 76.2 Å². The second-order valence-corrected chi connectivity index (χ2v) is 5.42. The number of aromatic nitrogens is 1. The maximum Gasteiger partial charge on any atom is 0.573 e. The summed E-state index contributed by atoms with van der Waals surface area (Å²) < 4.78 is 61.6. The van der Waals surface area contributed by atoms with Crippen LogP contribution in [-0.2, 0) is 9.05 Å². The predicted molar refractivity (Wildman–Crippen MR) is 51.5 cm³/mol. The Balaban J connectivity index is 3.53. The molecular formula is C7H5ClF3NO4S. The number of aromatic amines is 1. The number of hydrogen-bond donors (Lipinski definition) is 1. The van der Waals surface area contributed by atoms with Crippen LogP contribution < -0.4 is 10.3 Å². The average molecular weight is 292 g/mol. The van der Waals surface area contributed by atoms with Crippen molar-refractivity contribution in [2.45, 2.75) is 18.2 Å². The van der Waals surface area contributed by atoms with E-state index < -0.39 is 37.2 Å². The van der Waals surface area contributed by atoms with Crippen molar-refractivity contribution in [3.05, 3.63) is 22.1 Å². The molecule has 96 valence electrons. The number of H-pyrrole nitrogens is 1. The minimum atomic E-state index is -5.10. The van der Waals surface area contributed by atoms with Gasteiger partial charge in [-0.2, -0.15) is 0 Å². The lowest BCUT2D eigenvalue weighted by Crippen LogP contribution is -2.21. The Bertz CT molecular complexity index is 592. The maximum absolute atomic E-state index is 12.0. The van der Waals surface area contributed by atoms with Crippen molar-refractivity contribution in [1.29, 1.82) is 0 Å². The van der Waals surface area contributed by atoms with Gasteiger partial charge in [-0.3, -0.25) is 4.79 Å². The lowest BCUT2D eigenvalue weighted by Gasteiger charge is -2.12. The van der Waals surface area contributed by atoms with E-state index in [1.807, 2.05) is 4.98 Å². The quantitative estimate of drug-likeness (QED) is 0.838. The van der Waals surface area contributed by atoms with E-state index in [9.17, 15) is 26.4 Å². The normalized spacial score (nSPS) is 12.5. The number of halogens is 4. The number of ether oxygens (including phenoxy) is 1. The highest BCUT2D eigenvalue weighted by Gasteiger charge is 2.35. The Kier molecular flexibility index (Phi) is 3.44. The van der Waals surface area contributed by atoms with E-state index in [-0.39, 0.29) is 0 Å². The van der Waals surface area contributed by atoms with Crippen LogP contribution in [0.2, 0.25) is 0 Å². The van der Waals surface area contributed by atoms with Crippen molar-refractivity contribution >= 4 is 19.7 Å². The summed E-state index contributed by atoms with van der Waals surface area (Å²) in [5, 5.41) is 0. The number of nitrogens with one attached hydrogen (secondary N) is 1. The lowest BCUT2D eigenvalue weighted by molar-refractivity contribution is -0.275. The fourth-order valence-electron chi connectivity index (χ4n) is 1.10. The summed E-state index contributed by atoms with van der Waals surface area (Å²) in [6, 6.07) is 0. The minimum Gasteiger partial charge on any atom is -0.403 e. The van der Waals surface area contributed by atoms with E-state index >= 15 is 0 Å². The summed E-state index contributed by atoms with van der Waals surface area (Å²) in [7, 11) is 0.410. The van der Waals surface area contributed by atoms with Crippen molar-refractivity contribution in [2.24, 2.45) is 0 Å². The monoisotopic (exact) mass is 291 g/mol. The number of alkyl halides is 3. The molecule has 0 bridgehead atoms. The molecule has 5 nitrogen and oxygen atoms in total. The van der Waals surface area contributed by atoms with Gasteiger partial charge in [-0.15, -0.1) is 13.2 Å². The molecule has 1 aromatic heterocycles. The summed E-state index contributed by atoms with van der Waals surface area (Å²) in [6.07, 6.45) is -4.61. The molecule has 0 saturated heterocycles. The first kappa shape index (κ1) is 13.8. The SMILES string of the molecule is Cc1c(S(=O)(=O)Cl)c(OC(F)(F)F)c[nH]c1=O. The van der Waals surface area contributed by atoms with Gasteiger partial charge in [0.2, 0.25) is 0 Å². The van der Waals surface area contributed by atoms with Gasteiger partial charge in [-0.1, -0.05) is 0 Å². The number of rotatable bonds is 2. The third-order valence-electron chi connectivity index (χ3n) is 1.71. The summed E-state index contributed by atoms with van der Waals surface area (Å²) in [5.41, 5.74) is -1.36. The molecule has 0 aliphatic carbocycles. The number of pyridine rings is 1. The fraction of sp³-hybridized carbons (Fsp3) is 0.286. The lowest BCUT2D eigenvalue weighted by atomic mass is 10.3. The molecule has 1 rings (SSSR count). The molecule has 0 fully saturated rings. The Morgan fingerprint density at radius 3 is 2.35 bits per heavy atom. The van der Waals surface area contributed by atoms with E-state index in [1.54, 1.807) is 0 Å². The first-order chi connectivity index (χ1) is 7.52. The molecule has 0 amide bonds. The second-order valence-electron chi connectivity index (χ2n) is 2.92. The van der Waals surface area contributed by atoms with Crippen molar-refractivity contribution in [3.63, 3.8) is 0 Å². The van der Waals surface area contributed by atoms with Crippen LogP contribution in [0.4, 0.5) is 13.2 Å². The van der Waals surface area contributed by atoms with Crippen molar-refractivity contribution in [2.75, 3.05) is 0 Å². The zero-order valence-corrected chi connectivity index (χ0v) is 9.70. The van der Waals surface area contributed by atoms with Crippen LogP contribution in [-0.4, -0.2) is 19.8 Å². The summed E-state index contributed by atoms with van der Waals surface area (Å²) in [6.45, 7) is 1.01. The van der Waals surface area contributed by atoms with E-state index in [1.165, 1.54) is 0 Å². The van der Waals surface area contributed by atoms with Crippen molar-refractivity contribution in [3.8, 4) is 5.75 Å². The minimum absolute atomic E-state index is 0.484.